The summed E-state index contributed by atoms with van der Waals surface area (Å²) in [6.45, 7) is 0.00310. The van der Waals surface area contributed by atoms with Crippen LogP contribution in [0.3, 0.4) is 0 Å². The average Bonchev–Trinajstić information content (AvgIpc) is 3.36. The fraction of sp³-hybridized carbons (Fsp3) is 0.217. The highest BCUT2D eigenvalue weighted by Gasteiger charge is 2.26. The minimum atomic E-state index is -0.349. The van der Waals surface area contributed by atoms with Crippen molar-refractivity contribution in [1.82, 2.24) is 30.0 Å². The highest BCUT2D eigenvalue weighted by Crippen LogP contribution is 2.31. The average molecular weight is 458 g/mol. The fourth-order valence-electron chi connectivity index (χ4n) is 3.74. The minimum Gasteiger partial charge on any atom is -0.439 e. The topological polar surface area (TPSA) is 154 Å². The van der Waals surface area contributed by atoms with Crippen LogP contribution in [0.15, 0.2) is 64.2 Å². The molecule has 34 heavy (non-hydrogen) atoms. The van der Waals surface area contributed by atoms with E-state index in [-0.39, 0.29) is 30.6 Å². The Morgan fingerprint density at radius 3 is 2.82 bits per heavy atom. The first-order chi connectivity index (χ1) is 16.6. The van der Waals surface area contributed by atoms with Gasteiger partial charge >= 0.3 is 0 Å². The zero-order valence-corrected chi connectivity index (χ0v) is 18.1. The zero-order chi connectivity index (χ0) is 23.5. The van der Waals surface area contributed by atoms with Crippen LogP contribution in [0.25, 0.3) is 11.5 Å². The minimum absolute atomic E-state index is 0.172. The first-order valence-electron chi connectivity index (χ1n) is 10.8. The van der Waals surface area contributed by atoms with E-state index in [1.54, 1.807) is 18.3 Å². The quantitative estimate of drug-likeness (QED) is 0.391. The van der Waals surface area contributed by atoms with Gasteiger partial charge in [0.05, 0.1) is 36.5 Å². The molecule has 0 fully saturated rings. The third kappa shape index (κ3) is 4.49. The van der Waals surface area contributed by atoms with Crippen molar-refractivity contribution < 1.29 is 9.21 Å². The van der Waals surface area contributed by atoms with E-state index in [4.69, 9.17) is 10.2 Å². The standard InChI is InChI=1S/C23H22N8O3/c24-19-9-6-15(29-30-19)10-25-20(32)12-31-13-27-17-8-7-16(28-21(17)23(31)33)18-11-26-22(34-18)14-4-2-1-3-5-14/h1-6,9,11,13,16,28H,7-8,10,12H2,(H2,24,30)(H,25,32). The van der Waals surface area contributed by atoms with E-state index >= 15 is 0 Å². The maximum atomic E-state index is 13.1. The van der Waals surface area contributed by atoms with Crippen LogP contribution in [0.5, 0.6) is 0 Å². The van der Waals surface area contributed by atoms with E-state index in [1.807, 2.05) is 30.3 Å². The number of amides is 1. The summed E-state index contributed by atoms with van der Waals surface area (Å²) in [5, 5.41) is 13.6. The third-order valence-electron chi connectivity index (χ3n) is 5.51. The molecule has 0 aliphatic carbocycles. The van der Waals surface area contributed by atoms with Gasteiger partial charge in [-0.15, -0.1) is 5.10 Å². The van der Waals surface area contributed by atoms with Gasteiger partial charge in [-0.25, -0.2) is 9.97 Å². The van der Waals surface area contributed by atoms with Gasteiger partial charge in [0, 0.05) is 5.56 Å². The van der Waals surface area contributed by atoms with E-state index < -0.39 is 0 Å². The van der Waals surface area contributed by atoms with Gasteiger partial charge in [-0.05, 0) is 37.1 Å². The van der Waals surface area contributed by atoms with Crippen molar-refractivity contribution in [1.29, 1.82) is 0 Å². The van der Waals surface area contributed by atoms with Crippen LogP contribution in [0.4, 0.5) is 11.5 Å². The SMILES string of the molecule is Nc1ccc(CNC(=O)Cn2cnc3c(c2=O)NC(c2cnc(-c4ccccc4)o2)CC3)nn1. The molecule has 1 aromatic carbocycles. The Morgan fingerprint density at radius 1 is 1.18 bits per heavy atom. The summed E-state index contributed by atoms with van der Waals surface area (Å²) in [5.74, 6) is 1.11. The molecular formula is C23H22N8O3. The number of nitrogens with zero attached hydrogens (tertiary/aromatic N) is 5. The number of anilines is 2. The second-order valence-electron chi connectivity index (χ2n) is 7.89. The molecule has 0 spiro atoms. The molecule has 4 N–H and O–H groups in total. The van der Waals surface area contributed by atoms with Crippen LogP contribution in [0.2, 0.25) is 0 Å². The van der Waals surface area contributed by atoms with Crippen molar-refractivity contribution in [3.63, 3.8) is 0 Å². The number of nitrogens with one attached hydrogen (secondary N) is 2. The lowest BCUT2D eigenvalue weighted by molar-refractivity contribution is -0.121. The molecule has 5 rings (SSSR count). The number of hydrogen-bond acceptors (Lipinski definition) is 9. The molecule has 11 nitrogen and oxygen atoms in total. The van der Waals surface area contributed by atoms with E-state index in [2.05, 4.69) is 30.8 Å². The van der Waals surface area contributed by atoms with Crippen LogP contribution in [-0.4, -0.2) is 30.6 Å². The summed E-state index contributed by atoms with van der Waals surface area (Å²) in [6.07, 6.45) is 4.38. The lowest BCUT2D eigenvalue weighted by atomic mass is 10.0. The predicted octanol–water partition coefficient (Wildman–Crippen LogP) is 1.69. The third-order valence-corrected chi connectivity index (χ3v) is 5.51. The molecule has 0 saturated heterocycles. The van der Waals surface area contributed by atoms with Crippen molar-refractivity contribution in [3.8, 4) is 11.5 Å². The maximum Gasteiger partial charge on any atom is 0.277 e. The normalized spacial score (nSPS) is 14.8. The van der Waals surface area contributed by atoms with Gasteiger partial charge in [0.1, 0.15) is 23.8 Å². The van der Waals surface area contributed by atoms with Crippen molar-refractivity contribution in [2.75, 3.05) is 11.1 Å². The van der Waals surface area contributed by atoms with Gasteiger partial charge in [0.25, 0.3) is 5.56 Å². The summed E-state index contributed by atoms with van der Waals surface area (Å²) < 4.78 is 7.23. The number of carbonyl (C=O) groups excluding carboxylic acids is 1. The number of aryl methyl sites for hydroxylation is 1. The Labute approximate surface area is 194 Å². The van der Waals surface area contributed by atoms with Crippen molar-refractivity contribution in [2.45, 2.75) is 32.0 Å². The lowest BCUT2D eigenvalue weighted by Gasteiger charge is -2.24. The lowest BCUT2D eigenvalue weighted by Crippen LogP contribution is -2.35. The molecule has 1 aliphatic rings. The van der Waals surface area contributed by atoms with Crippen molar-refractivity contribution in [2.24, 2.45) is 0 Å². The van der Waals surface area contributed by atoms with Crippen molar-refractivity contribution in [3.05, 3.63) is 82.5 Å². The van der Waals surface area contributed by atoms with Gasteiger partial charge in [-0.1, -0.05) is 18.2 Å². The molecule has 1 amide bonds. The number of benzene rings is 1. The number of aromatic nitrogens is 5. The Morgan fingerprint density at radius 2 is 2.03 bits per heavy atom. The summed E-state index contributed by atoms with van der Waals surface area (Å²) in [6, 6.07) is 12.7. The number of hydrogen-bond donors (Lipinski definition) is 3. The van der Waals surface area contributed by atoms with E-state index in [0.29, 0.717) is 47.4 Å². The monoisotopic (exact) mass is 458 g/mol. The van der Waals surface area contributed by atoms with E-state index in [0.717, 1.165) is 5.56 Å². The highest BCUT2D eigenvalue weighted by molar-refractivity contribution is 5.75. The summed E-state index contributed by atoms with van der Waals surface area (Å²) in [7, 11) is 0. The second-order valence-corrected chi connectivity index (χ2v) is 7.89. The molecule has 4 heterocycles. The first kappa shape index (κ1) is 21.3. The number of nitrogen functional groups attached to an aromatic ring is 1. The molecular weight excluding hydrogens is 436 g/mol. The number of rotatable bonds is 6. The summed E-state index contributed by atoms with van der Waals surface area (Å²) in [5.41, 5.74) is 7.66. The molecule has 1 atom stereocenters. The van der Waals surface area contributed by atoms with E-state index in [1.165, 1.54) is 10.9 Å². The molecule has 0 saturated carbocycles. The molecule has 1 aliphatic heterocycles. The van der Waals surface area contributed by atoms with Crippen LogP contribution < -0.4 is 21.9 Å². The number of oxazole rings is 1. The molecule has 172 valence electrons. The number of nitrogens with two attached hydrogens (primary N) is 1. The molecule has 3 aromatic heterocycles. The largest absolute Gasteiger partial charge is 0.439 e. The molecule has 4 aromatic rings. The summed E-state index contributed by atoms with van der Waals surface area (Å²) >= 11 is 0. The van der Waals surface area contributed by atoms with Crippen LogP contribution in [0.1, 0.15) is 29.6 Å². The highest BCUT2D eigenvalue weighted by atomic mass is 16.4. The Kier molecular flexibility index (Phi) is 5.73. The molecule has 11 heteroatoms. The Balaban J connectivity index is 1.27. The zero-order valence-electron chi connectivity index (χ0n) is 18.1. The van der Waals surface area contributed by atoms with Gasteiger partial charge in [0.2, 0.25) is 11.8 Å². The summed E-state index contributed by atoms with van der Waals surface area (Å²) in [4.78, 5) is 34.2. The molecule has 0 bridgehead atoms. The van der Waals surface area contributed by atoms with Gasteiger partial charge in [-0.2, -0.15) is 5.10 Å². The fourth-order valence-corrected chi connectivity index (χ4v) is 3.74. The predicted molar refractivity (Wildman–Crippen MR) is 123 cm³/mol. The van der Waals surface area contributed by atoms with Crippen LogP contribution in [0, 0.1) is 0 Å². The number of carbonyl (C=O) groups is 1. The van der Waals surface area contributed by atoms with Gasteiger partial charge in [-0.3, -0.25) is 14.2 Å². The molecule has 0 radical (unpaired) electrons. The Hall–Kier alpha value is -4.54. The van der Waals surface area contributed by atoms with Gasteiger partial charge < -0.3 is 20.8 Å². The van der Waals surface area contributed by atoms with Gasteiger partial charge in [0.15, 0.2) is 0 Å². The Bertz CT molecular complexity index is 1370. The number of fused-ring (bicyclic) bond motifs is 1. The second kappa shape index (κ2) is 9.14. The van der Waals surface area contributed by atoms with E-state index in [9.17, 15) is 9.59 Å². The van der Waals surface area contributed by atoms with Crippen LogP contribution >= 0.6 is 0 Å². The van der Waals surface area contributed by atoms with Crippen molar-refractivity contribution >= 4 is 17.4 Å². The maximum absolute atomic E-state index is 13.1. The smallest absolute Gasteiger partial charge is 0.277 e. The first-order valence-corrected chi connectivity index (χ1v) is 10.8. The van der Waals surface area contributed by atoms with Crippen LogP contribution in [-0.2, 0) is 24.3 Å². The molecule has 1 unspecified atom stereocenters.